The number of fused-ring (bicyclic) bond motifs is 1. The number of benzene rings is 2. The fourth-order valence-corrected chi connectivity index (χ4v) is 4.23. The Morgan fingerprint density at radius 2 is 1.79 bits per heavy atom. The topological polar surface area (TPSA) is 98.4 Å². The molecular weight excluding hydrogens is 390 g/mol. The minimum absolute atomic E-state index is 0.0927. The zero-order valence-corrected chi connectivity index (χ0v) is 16.9. The summed E-state index contributed by atoms with van der Waals surface area (Å²) in [6.45, 7) is 2.71. The Morgan fingerprint density at radius 1 is 1.03 bits per heavy atom. The maximum Gasteiger partial charge on any atom is 0.253 e. The van der Waals surface area contributed by atoms with Crippen LogP contribution in [0.25, 0.3) is 11.0 Å². The summed E-state index contributed by atoms with van der Waals surface area (Å²) in [5, 5.41) is 0. The Kier molecular flexibility index (Phi) is 5.25. The van der Waals surface area contributed by atoms with E-state index in [1.165, 1.54) is 19.2 Å². The van der Waals surface area contributed by atoms with E-state index in [2.05, 4.69) is 19.6 Å². The minimum Gasteiger partial charge on any atom is -0.341 e. The quantitative estimate of drug-likeness (QED) is 0.680. The molecule has 4 rings (SSSR count). The summed E-state index contributed by atoms with van der Waals surface area (Å²) in [5.74, 6) is 0.729. The molecule has 2 heterocycles. The normalized spacial score (nSPS) is 15.5. The van der Waals surface area contributed by atoms with Crippen LogP contribution < -0.4 is 9.62 Å². The highest BCUT2D eigenvalue weighted by atomic mass is 32.2. The van der Waals surface area contributed by atoms with Crippen molar-refractivity contribution in [2.24, 2.45) is 0 Å². The van der Waals surface area contributed by atoms with Crippen molar-refractivity contribution in [3.05, 3.63) is 54.1 Å². The lowest BCUT2D eigenvalue weighted by Gasteiger charge is -2.22. The molecule has 0 spiro atoms. The number of aromatic amines is 1. The zero-order chi connectivity index (χ0) is 20.4. The average Bonchev–Trinajstić information content (AvgIpc) is 3.03. The summed E-state index contributed by atoms with van der Waals surface area (Å²) in [4.78, 5) is 25.0. The van der Waals surface area contributed by atoms with Gasteiger partial charge >= 0.3 is 0 Å². The van der Waals surface area contributed by atoms with Crippen molar-refractivity contribution in [2.75, 3.05) is 38.1 Å². The first-order valence-electron chi connectivity index (χ1n) is 9.50. The van der Waals surface area contributed by atoms with E-state index in [0.717, 1.165) is 29.9 Å². The number of rotatable bonds is 4. The number of amides is 1. The SMILES string of the molecule is CNS(=O)(=O)c1ccc(C(=O)N2CCCN(c3nc4ccccc4[nH]3)CC2)cc1. The zero-order valence-electron chi connectivity index (χ0n) is 16.1. The van der Waals surface area contributed by atoms with Gasteiger partial charge in [0.2, 0.25) is 16.0 Å². The van der Waals surface area contributed by atoms with Crippen LogP contribution in [0.15, 0.2) is 53.4 Å². The van der Waals surface area contributed by atoms with Crippen molar-refractivity contribution in [3.63, 3.8) is 0 Å². The fraction of sp³-hybridized carbons (Fsp3) is 0.300. The molecule has 152 valence electrons. The predicted octanol–water partition coefficient (Wildman–Crippen LogP) is 1.82. The van der Waals surface area contributed by atoms with Crippen LogP contribution in [0.1, 0.15) is 16.8 Å². The summed E-state index contributed by atoms with van der Waals surface area (Å²) in [7, 11) is -2.15. The van der Waals surface area contributed by atoms with Crippen LogP contribution in [-0.4, -0.2) is 62.4 Å². The number of H-pyrrole nitrogens is 1. The second-order valence-electron chi connectivity index (χ2n) is 6.94. The van der Waals surface area contributed by atoms with Crippen molar-refractivity contribution in [1.29, 1.82) is 0 Å². The van der Waals surface area contributed by atoms with Gasteiger partial charge in [0.1, 0.15) is 0 Å². The van der Waals surface area contributed by atoms with Crippen molar-refractivity contribution in [1.82, 2.24) is 19.6 Å². The Morgan fingerprint density at radius 3 is 2.52 bits per heavy atom. The Bertz CT molecular complexity index is 1090. The van der Waals surface area contributed by atoms with Gasteiger partial charge < -0.3 is 14.8 Å². The van der Waals surface area contributed by atoms with Gasteiger partial charge in [0.25, 0.3) is 5.91 Å². The van der Waals surface area contributed by atoms with Gasteiger partial charge in [-0.3, -0.25) is 4.79 Å². The third-order valence-electron chi connectivity index (χ3n) is 5.14. The fourth-order valence-electron chi connectivity index (χ4n) is 3.50. The lowest BCUT2D eigenvalue weighted by molar-refractivity contribution is 0.0767. The van der Waals surface area contributed by atoms with Crippen LogP contribution in [0, 0.1) is 0 Å². The van der Waals surface area contributed by atoms with Gasteiger partial charge in [0.05, 0.1) is 15.9 Å². The highest BCUT2D eigenvalue weighted by molar-refractivity contribution is 7.89. The summed E-state index contributed by atoms with van der Waals surface area (Å²) >= 11 is 0. The van der Waals surface area contributed by atoms with Gasteiger partial charge in [0, 0.05) is 31.7 Å². The van der Waals surface area contributed by atoms with Crippen LogP contribution in [0.5, 0.6) is 0 Å². The van der Waals surface area contributed by atoms with E-state index < -0.39 is 10.0 Å². The highest BCUT2D eigenvalue weighted by Gasteiger charge is 2.22. The van der Waals surface area contributed by atoms with Gasteiger partial charge in [-0.25, -0.2) is 18.1 Å². The summed E-state index contributed by atoms with van der Waals surface area (Å²) in [6, 6.07) is 13.9. The molecule has 29 heavy (non-hydrogen) atoms. The first-order valence-corrected chi connectivity index (χ1v) is 11.0. The maximum atomic E-state index is 12.9. The molecule has 1 fully saturated rings. The van der Waals surface area contributed by atoms with Crippen molar-refractivity contribution in [3.8, 4) is 0 Å². The molecule has 0 radical (unpaired) electrons. The summed E-state index contributed by atoms with van der Waals surface area (Å²) in [5.41, 5.74) is 2.41. The first-order chi connectivity index (χ1) is 14.0. The molecule has 1 aliphatic rings. The molecule has 0 unspecified atom stereocenters. The number of carbonyl (C=O) groups excluding carboxylic acids is 1. The van der Waals surface area contributed by atoms with Gasteiger partial charge in [-0.15, -0.1) is 0 Å². The number of aromatic nitrogens is 2. The first kappa shape index (κ1) is 19.4. The number of hydrogen-bond acceptors (Lipinski definition) is 5. The van der Waals surface area contributed by atoms with Gasteiger partial charge in [-0.1, -0.05) is 12.1 Å². The Labute approximate surface area is 169 Å². The number of para-hydroxylation sites is 2. The van der Waals surface area contributed by atoms with Gasteiger partial charge in [-0.05, 0) is 49.9 Å². The smallest absolute Gasteiger partial charge is 0.253 e. The standard InChI is InChI=1S/C20H23N5O3S/c1-21-29(27,28)16-9-7-15(8-10-16)19(26)24-11-4-12-25(14-13-24)20-22-17-5-2-3-6-18(17)23-20/h2-3,5-10,21H,4,11-14H2,1H3,(H,22,23). The third kappa shape index (κ3) is 3.96. The monoisotopic (exact) mass is 413 g/mol. The largest absolute Gasteiger partial charge is 0.341 e. The van der Waals surface area contributed by atoms with E-state index in [1.807, 2.05) is 29.2 Å². The van der Waals surface area contributed by atoms with Crippen LogP contribution >= 0.6 is 0 Å². The molecule has 2 N–H and O–H groups in total. The molecule has 1 amide bonds. The predicted molar refractivity (Wildman–Crippen MR) is 112 cm³/mol. The number of anilines is 1. The van der Waals surface area contributed by atoms with E-state index in [-0.39, 0.29) is 10.8 Å². The van der Waals surface area contributed by atoms with E-state index in [1.54, 1.807) is 12.1 Å². The second kappa shape index (κ2) is 7.84. The van der Waals surface area contributed by atoms with E-state index >= 15 is 0 Å². The highest BCUT2D eigenvalue weighted by Crippen LogP contribution is 2.19. The molecule has 1 saturated heterocycles. The van der Waals surface area contributed by atoms with Crippen LogP contribution in [0.2, 0.25) is 0 Å². The maximum absolute atomic E-state index is 12.9. The number of imidazole rings is 1. The van der Waals surface area contributed by atoms with E-state index in [9.17, 15) is 13.2 Å². The lowest BCUT2D eigenvalue weighted by Crippen LogP contribution is -2.35. The Hall–Kier alpha value is -2.91. The minimum atomic E-state index is -3.51. The molecule has 0 bridgehead atoms. The van der Waals surface area contributed by atoms with Gasteiger partial charge in [-0.2, -0.15) is 0 Å². The Balaban J connectivity index is 1.46. The van der Waals surface area contributed by atoms with Crippen LogP contribution in [-0.2, 0) is 10.0 Å². The molecule has 2 aromatic carbocycles. The van der Waals surface area contributed by atoms with Crippen LogP contribution in [0.4, 0.5) is 5.95 Å². The molecule has 0 atom stereocenters. The van der Waals surface area contributed by atoms with E-state index in [4.69, 9.17) is 0 Å². The summed E-state index contributed by atoms with van der Waals surface area (Å²) < 4.78 is 26.0. The molecular formula is C20H23N5O3S. The summed E-state index contributed by atoms with van der Waals surface area (Å²) in [6.07, 6.45) is 0.828. The molecule has 9 heteroatoms. The molecule has 8 nitrogen and oxygen atoms in total. The number of carbonyl (C=O) groups is 1. The second-order valence-corrected chi connectivity index (χ2v) is 8.83. The van der Waals surface area contributed by atoms with Crippen molar-refractivity contribution >= 4 is 32.9 Å². The number of nitrogens with one attached hydrogen (secondary N) is 2. The van der Waals surface area contributed by atoms with Crippen molar-refractivity contribution in [2.45, 2.75) is 11.3 Å². The van der Waals surface area contributed by atoms with E-state index in [0.29, 0.717) is 25.2 Å². The molecule has 0 aliphatic carbocycles. The molecule has 3 aromatic rings. The molecule has 1 aliphatic heterocycles. The third-order valence-corrected chi connectivity index (χ3v) is 6.57. The number of sulfonamides is 1. The van der Waals surface area contributed by atoms with Crippen LogP contribution in [0.3, 0.4) is 0 Å². The lowest BCUT2D eigenvalue weighted by atomic mass is 10.2. The number of nitrogens with zero attached hydrogens (tertiary/aromatic N) is 3. The molecule has 1 aromatic heterocycles. The molecule has 0 saturated carbocycles. The van der Waals surface area contributed by atoms with Gasteiger partial charge in [0.15, 0.2) is 0 Å². The van der Waals surface area contributed by atoms with Crippen molar-refractivity contribution < 1.29 is 13.2 Å². The average molecular weight is 414 g/mol. The number of hydrogen-bond donors (Lipinski definition) is 2.